The van der Waals surface area contributed by atoms with Crippen LogP contribution < -0.4 is 11.1 Å². The van der Waals surface area contributed by atoms with Gasteiger partial charge in [0.25, 0.3) is 0 Å². The molecule has 0 saturated carbocycles. The van der Waals surface area contributed by atoms with Crippen LogP contribution in [0.1, 0.15) is 41.0 Å². The normalized spacial score (nSPS) is 17.1. The summed E-state index contributed by atoms with van der Waals surface area (Å²) in [6.07, 6.45) is 1.10. The van der Waals surface area contributed by atoms with Crippen LogP contribution in [0.15, 0.2) is 28.5 Å². The van der Waals surface area contributed by atoms with E-state index in [1.165, 1.54) is 0 Å². The second kappa shape index (κ2) is 8.09. The van der Waals surface area contributed by atoms with Gasteiger partial charge >= 0.3 is 0 Å². The van der Waals surface area contributed by atoms with Gasteiger partial charge in [-0.1, -0.05) is 27.4 Å². The van der Waals surface area contributed by atoms with Gasteiger partial charge in [-0.3, -0.25) is 4.99 Å². The summed E-state index contributed by atoms with van der Waals surface area (Å²) in [6, 6.07) is 0. The molecule has 0 amide bonds. The van der Waals surface area contributed by atoms with Crippen molar-refractivity contribution in [3.63, 3.8) is 0 Å². The van der Waals surface area contributed by atoms with Crippen LogP contribution in [0.4, 0.5) is 0 Å². The number of hydrogen-bond donors (Lipinski definition) is 2. The molecule has 0 aliphatic heterocycles. The topological polar surface area (TPSA) is 50.4 Å². The molecule has 2 unspecified atom stereocenters. The van der Waals surface area contributed by atoms with Crippen molar-refractivity contribution in [1.82, 2.24) is 5.32 Å². The summed E-state index contributed by atoms with van der Waals surface area (Å²) in [5, 5.41) is 3.14. The molecule has 0 fully saturated rings. The first-order valence-corrected chi connectivity index (χ1v) is 6.70. The second-order valence-corrected chi connectivity index (χ2v) is 5.05. The van der Waals surface area contributed by atoms with E-state index in [4.69, 9.17) is 5.73 Å². The standard InChI is InChI=1S/C15H29N3/c1-8-10(2)13(5)18-14(6)15(16)12(4)11(3)9-17-7/h10-11,17H,4,8-9,16H2,1-3,5-7H3/b15-14+,18-13?. The van der Waals surface area contributed by atoms with Crippen LogP contribution in [0.3, 0.4) is 0 Å². The van der Waals surface area contributed by atoms with Crippen molar-refractivity contribution in [1.29, 1.82) is 0 Å². The average molecular weight is 251 g/mol. The van der Waals surface area contributed by atoms with Gasteiger partial charge in [0, 0.05) is 12.3 Å². The Hall–Kier alpha value is -1.09. The lowest BCUT2D eigenvalue weighted by molar-refractivity contribution is 0.623. The van der Waals surface area contributed by atoms with E-state index < -0.39 is 0 Å². The van der Waals surface area contributed by atoms with Crippen LogP contribution in [0.5, 0.6) is 0 Å². The van der Waals surface area contributed by atoms with Crippen molar-refractivity contribution in [2.75, 3.05) is 13.6 Å². The Bertz CT molecular complexity index is 340. The minimum Gasteiger partial charge on any atom is -0.397 e. The van der Waals surface area contributed by atoms with Crippen molar-refractivity contribution in [2.45, 2.75) is 41.0 Å². The SMILES string of the molecule is C=C(/C(N)=C(/C)N=C(C)C(C)CC)C(C)CNC. The van der Waals surface area contributed by atoms with Crippen LogP contribution in [-0.4, -0.2) is 19.3 Å². The zero-order chi connectivity index (χ0) is 14.3. The third kappa shape index (κ3) is 5.05. The van der Waals surface area contributed by atoms with Gasteiger partial charge in [-0.15, -0.1) is 0 Å². The van der Waals surface area contributed by atoms with Gasteiger partial charge in [0.15, 0.2) is 0 Å². The van der Waals surface area contributed by atoms with Crippen LogP contribution in [0.25, 0.3) is 0 Å². The molecule has 0 saturated heterocycles. The van der Waals surface area contributed by atoms with Gasteiger partial charge < -0.3 is 11.1 Å². The monoisotopic (exact) mass is 251 g/mol. The van der Waals surface area contributed by atoms with E-state index in [9.17, 15) is 0 Å². The third-order valence-corrected chi connectivity index (χ3v) is 3.51. The number of aliphatic imine (C=N–C) groups is 1. The third-order valence-electron chi connectivity index (χ3n) is 3.51. The molecule has 0 spiro atoms. The van der Waals surface area contributed by atoms with Gasteiger partial charge in [-0.25, -0.2) is 0 Å². The minimum absolute atomic E-state index is 0.323. The van der Waals surface area contributed by atoms with Gasteiger partial charge in [0.2, 0.25) is 0 Å². The first-order valence-electron chi connectivity index (χ1n) is 6.70. The van der Waals surface area contributed by atoms with E-state index in [1.54, 1.807) is 0 Å². The van der Waals surface area contributed by atoms with Gasteiger partial charge in [-0.2, -0.15) is 0 Å². The largest absolute Gasteiger partial charge is 0.397 e. The van der Waals surface area contributed by atoms with E-state index in [-0.39, 0.29) is 0 Å². The molecule has 0 aromatic heterocycles. The molecule has 3 nitrogen and oxygen atoms in total. The molecule has 3 N–H and O–H groups in total. The van der Waals surface area contributed by atoms with E-state index in [0.717, 1.165) is 35.6 Å². The molecule has 0 aromatic rings. The molecule has 2 atom stereocenters. The van der Waals surface area contributed by atoms with E-state index >= 15 is 0 Å². The minimum atomic E-state index is 0.323. The molecule has 0 aromatic carbocycles. The first-order chi connectivity index (χ1) is 8.34. The predicted molar refractivity (Wildman–Crippen MR) is 81.7 cm³/mol. The number of nitrogens with one attached hydrogen (secondary N) is 1. The average Bonchev–Trinajstić information content (AvgIpc) is 2.35. The molecule has 104 valence electrons. The van der Waals surface area contributed by atoms with Crippen LogP contribution in [0.2, 0.25) is 0 Å². The summed E-state index contributed by atoms with van der Waals surface area (Å²) in [5.41, 5.74) is 9.82. The fourth-order valence-electron chi connectivity index (χ4n) is 1.66. The summed E-state index contributed by atoms with van der Waals surface area (Å²) < 4.78 is 0. The zero-order valence-corrected chi connectivity index (χ0v) is 12.8. The predicted octanol–water partition coefficient (Wildman–Crippen LogP) is 3.10. The van der Waals surface area contributed by atoms with E-state index in [1.807, 2.05) is 14.0 Å². The van der Waals surface area contributed by atoms with Gasteiger partial charge in [0.05, 0.1) is 11.4 Å². The van der Waals surface area contributed by atoms with Crippen LogP contribution >= 0.6 is 0 Å². The Balaban J connectivity index is 4.96. The lowest BCUT2D eigenvalue weighted by atomic mass is 9.99. The highest BCUT2D eigenvalue weighted by Gasteiger charge is 2.11. The molecule has 0 aliphatic carbocycles. The Morgan fingerprint density at radius 3 is 2.28 bits per heavy atom. The number of allylic oxidation sites excluding steroid dienone is 2. The molecule has 0 aliphatic rings. The fraction of sp³-hybridized carbons (Fsp3) is 0.667. The smallest absolute Gasteiger partial charge is 0.0603 e. The molecule has 18 heavy (non-hydrogen) atoms. The molecule has 0 bridgehead atoms. The quantitative estimate of drug-likeness (QED) is 0.539. The van der Waals surface area contributed by atoms with E-state index in [2.05, 4.69) is 44.6 Å². The highest BCUT2D eigenvalue weighted by Crippen LogP contribution is 2.18. The fourth-order valence-corrected chi connectivity index (χ4v) is 1.66. The number of hydrogen-bond acceptors (Lipinski definition) is 3. The Morgan fingerprint density at radius 2 is 1.83 bits per heavy atom. The Morgan fingerprint density at radius 1 is 1.28 bits per heavy atom. The highest BCUT2D eigenvalue weighted by atomic mass is 14.8. The molecule has 0 heterocycles. The van der Waals surface area contributed by atoms with Gasteiger partial charge in [-0.05, 0) is 44.7 Å². The Kier molecular flexibility index (Phi) is 7.60. The van der Waals surface area contributed by atoms with Crippen LogP contribution in [0, 0.1) is 11.8 Å². The molecule has 3 heteroatoms. The van der Waals surface area contributed by atoms with Gasteiger partial charge in [0.1, 0.15) is 0 Å². The van der Waals surface area contributed by atoms with E-state index in [0.29, 0.717) is 11.8 Å². The molecular formula is C15H29N3. The van der Waals surface area contributed by atoms with Crippen molar-refractivity contribution in [2.24, 2.45) is 22.6 Å². The lowest BCUT2D eigenvalue weighted by Crippen LogP contribution is -2.21. The maximum Gasteiger partial charge on any atom is 0.0603 e. The highest BCUT2D eigenvalue weighted by molar-refractivity contribution is 5.85. The summed E-state index contributed by atoms with van der Waals surface area (Å²) in [6.45, 7) is 15.4. The number of nitrogens with two attached hydrogens (primary N) is 1. The summed E-state index contributed by atoms with van der Waals surface area (Å²) in [4.78, 5) is 4.60. The summed E-state index contributed by atoms with van der Waals surface area (Å²) in [5.74, 6) is 0.819. The maximum atomic E-state index is 6.13. The lowest BCUT2D eigenvalue weighted by Gasteiger charge is -2.16. The second-order valence-electron chi connectivity index (χ2n) is 5.05. The van der Waals surface area contributed by atoms with Crippen molar-refractivity contribution in [3.05, 3.63) is 23.5 Å². The van der Waals surface area contributed by atoms with Crippen molar-refractivity contribution in [3.8, 4) is 0 Å². The van der Waals surface area contributed by atoms with Crippen molar-refractivity contribution < 1.29 is 0 Å². The maximum absolute atomic E-state index is 6.13. The number of nitrogens with zero attached hydrogens (tertiary/aromatic N) is 1. The molecule has 0 rings (SSSR count). The summed E-state index contributed by atoms with van der Waals surface area (Å²) >= 11 is 0. The van der Waals surface area contributed by atoms with Crippen LogP contribution in [-0.2, 0) is 0 Å². The molecule has 0 radical (unpaired) electrons. The molecular weight excluding hydrogens is 222 g/mol. The zero-order valence-electron chi connectivity index (χ0n) is 12.8. The number of rotatable bonds is 7. The first kappa shape index (κ1) is 16.9. The summed E-state index contributed by atoms with van der Waals surface area (Å²) in [7, 11) is 1.93. The van der Waals surface area contributed by atoms with Crippen molar-refractivity contribution >= 4 is 5.71 Å². The Labute approximate surface area is 112 Å².